The van der Waals surface area contributed by atoms with E-state index in [2.05, 4.69) is 26.2 Å². The van der Waals surface area contributed by atoms with Gasteiger partial charge in [-0.3, -0.25) is 10.1 Å². The van der Waals surface area contributed by atoms with Crippen LogP contribution in [-0.2, 0) is 0 Å². The summed E-state index contributed by atoms with van der Waals surface area (Å²) in [7, 11) is 1.57. The van der Waals surface area contributed by atoms with Gasteiger partial charge in [0.15, 0.2) is 5.13 Å². The summed E-state index contributed by atoms with van der Waals surface area (Å²) in [5, 5.41) is 5.33. The molecule has 0 aliphatic carbocycles. The Labute approximate surface area is 152 Å². The number of hydrogen-bond acceptors (Lipinski definition) is 4. The van der Waals surface area contributed by atoms with Crippen molar-refractivity contribution in [3.05, 3.63) is 63.4 Å². The second kappa shape index (κ2) is 7.15. The van der Waals surface area contributed by atoms with Crippen LogP contribution >= 0.6 is 27.3 Å². The lowest BCUT2D eigenvalue weighted by molar-refractivity contribution is 0.102. The zero-order chi connectivity index (χ0) is 17.1. The summed E-state index contributed by atoms with van der Waals surface area (Å²) in [5.74, 6) is 0.397. The molecule has 3 aromatic rings. The number of rotatable bonds is 4. The first-order valence-electron chi connectivity index (χ1n) is 7.24. The molecule has 0 fully saturated rings. The van der Waals surface area contributed by atoms with Crippen molar-refractivity contribution >= 4 is 38.3 Å². The summed E-state index contributed by atoms with van der Waals surface area (Å²) in [6.07, 6.45) is 0. The van der Waals surface area contributed by atoms with Gasteiger partial charge in [-0.05, 0) is 41.1 Å². The predicted octanol–water partition coefficient (Wildman–Crippen LogP) is 5.14. The molecule has 1 heterocycles. The molecule has 0 atom stereocenters. The van der Waals surface area contributed by atoms with Gasteiger partial charge in [-0.2, -0.15) is 0 Å². The van der Waals surface area contributed by atoms with Crippen molar-refractivity contribution in [2.24, 2.45) is 0 Å². The summed E-state index contributed by atoms with van der Waals surface area (Å²) < 4.78 is 5.87. The van der Waals surface area contributed by atoms with Gasteiger partial charge in [-0.25, -0.2) is 4.98 Å². The fourth-order valence-corrected chi connectivity index (χ4v) is 3.30. The van der Waals surface area contributed by atoms with Gasteiger partial charge in [0.1, 0.15) is 5.75 Å². The van der Waals surface area contributed by atoms with Gasteiger partial charge >= 0.3 is 0 Å². The van der Waals surface area contributed by atoms with Crippen molar-refractivity contribution in [2.75, 3.05) is 12.4 Å². The number of ether oxygens (including phenoxy) is 1. The Morgan fingerprint density at radius 2 is 1.96 bits per heavy atom. The number of benzene rings is 2. The lowest BCUT2D eigenvalue weighted by Gasteiger charge is -2.06. The SMILES string of the molecule is COc1ccc(Br)c(C(=O)Nc2nc(-c3ccc(C)cc3)cs2)c1. The van der Waals surface area contributed by atoms with Crippen LogP contribution in [0.2, 0.25) is 0 Å². The molecule has 0 spiro atoms. The Kier molecular flexibility index (Phi) is 4.97. The number of carbonyl (C=O) groups excluding carboxylic acids is 1. The van der Waals surface area contributed by atoms with E-state index in [0.717, 1.165) is 11.3 Å². The zero-order valence-electron chi connectivity index (χ0n) is 13.2. The van der Waals surface area contributed by atoms with Crippen molar-refractivity contribution in [2.45, 2.75) is 6.92 Å². The highest BCUT2D eigenvalue weighted by molar-refractivity contribution is 9.10. The van der Waals surface area contributed by atoms with Crippen molar-refractivity contribution < 1.29 is 9.53 Å². The molecule has 1 aromatic heterocycles. The van der Waals surface area contributed by atoms with E-state index in [0.29, 0.717) is 20.9 Å². The molecule has 0 bridgehead atoms. The Bertz CT molecular complexity index is 875. The van der Waals surface area contributed by atoms with Crippen molar-refractivity contribution in [3.8, 4) is 17.0 Å². The molecule has 1 amide bonds. The van der Waals surface area contributed by atoms with E-state index < -0.39 is 0 Å². The number of amides is 1. The van der Waals surface area contributed by atoms with E-state index in [-0.39, 0.29) is 5.91 Å². The van der Waals surface area contributed by atoms with E-state index in [1.807, 2.05) is 36.6 Å². The molecule has 0 aliphatic rings. The van der Waals surface area contributed by atoms with Gasteiger partial charge in [-0.1, -0.05) is 29.8 Å². The van der Waals surface area contributed by atoms with Crippen LogP contribution in [0.4, 0.5) is 5.13 Å². The number of thiazole rings is 1. The molecule has 0 radical (unpaired) electrons. The number of carbonyl (C=O) groups is 1. The summed E-state index contributed by atoms with van der Waals surface area (Å²) in [6.45, 7) is 2.04. The highest BCUT2D eigenvalue weighted by Crippen LogP contribution is 2.27. The average molecular weight is 403 g/mol. The monoisotopic (exact) mass is 402 g/mol. The van der Waals surface area contributed by atoms with Gasteiger partial charge in [0.25, 0.3) is 5.91 Å². The summed E-state index contributed by atoms with van der Waals surface area (Å²) in [4.78, 5) is 17.0. The molecule has 24 heavy (non-hydrogen) atoms. The minimum atomic E-state index is -0.231. The number of aryl methyl sites for hydroxylation is 1. The molecule has 1 N–H and O–H groups in total. The van der Waals surface area contributed by atoms with Gasteiger partial charge in [0.05, 0.1) is 18.4 Å². The number of anilines is 1. The van der Waals surface area contributed by atoms with Crippen LogP contribution in [0, 0.1) is 6.92 Å². The van der Waals surface area contributed by atoms with Crippen LogP contribution in [0.1, 0.15) is 15.9 Å². The maximum Gasteiger partial charge on any atom is 0.258 e. The van der Waals surface area contributed by atoms with Gasteiger partial charge in [-0.15, -0.1) is 11.3 Å². The molecular formula is C18H15BrN2O2S. The van der Waals surface area contributed by atoms with Gasteiger partial charge in [0.2, 0.25) is 0 Å². The molecule has 2 aromatic carbocycles. The third kappa shape index (κ3) is 3.66. The Morgan fingerprint density at radius 3 is 2.67 bits per heavy atom. The van der Waals surface area contributed by atoms with E-state index in [1.54, 1.807) is 25.3 Å². The second-order valence-corrected chi connectivity index (χ2v) is 6.92. The summed E-state index contributed by atoms with van der Waals surface area (Å²) in [5.41, 5.74) is 3.58. The number of aromatic nitrogens is 1. The number of hydrogen-bond donors (Lipinski definition) is 1. The normalized spacial score (nSPS) is 10.5. The predicted molar refractivity (Wildman–Crippen MR) is 101 cm³/mol. The lowest BCUT2D eigenvalue weighted by Crippen LogP contribution is -2.12. The topological polar surface area (TPSA) is 51.2 Å². The minimum absolute atomic E-state index is 0.231. The number of nitrogens with one attached hydrogen (secondary N) is 1. The quantitative estimate of drug-likeness (QED) is 0.656. The second-order valence-electron chi connectivity index (χ2n) is 5.20. The zero-order valence-corrected chi connectivity index (χ0v) is 15.6. The smallest absolute Gasteiger partial charge is 0.258 e. The van der Waals surface area contributed by atoms with Crippen molar-refractivity contribution in [1.82, 2.24) is 4.98 Å². The molecule has 6 heteroatoms. The Hall–Kier alpha value is -2.18. The van der Waals surface area contributed by atoms with Gasteiger partial charge < -0.3 is 4.74 Å². The van der Waals surface area contributed by atoms with E-state index >= 15 is 0 Å². The highest BCUT2D eigenvalue weighted by Gasteiger charge is 2.14. The third-order valence-electron chi connectivity index (χ3n) is 3.49. The molecular weight excluding hydrogens is 388 g/mol. The largest absolute Gasteiger partial charge is 0.497 e. The Balaban J connectivity index is 1.79. The Morgan fingerprint density at radius 1 is 1.21 bits per heavy atom. The van der Waals surface area contributed by atoms with Gasteiger partial charge in [0, 0.05) is 15.4 Å². The van der Waals surface area contributed by atoms with E-state index in [9.17, 15) is 4.79 Å². The minimum Gasteiger partial charge on any atom is -0.497 e. The fraction of sp³-hybridized carbons (Fsp3) is 0.111. The standard InChI is InChI=1S/C18H15BrN2O2S/c1-11-3-5-12(6-4-11)16-10-24-18(20-16)21-17(22)14-9-13(23-2)7-8-15(14)19/h3-10H,1-2H3,(H,20,21,22). The maximum absolute atomic E-state index is 12.5. The first kappa shape index (κ1) is 16.7. The number of halogens is 1. The number of nitrogens with zero attached hydrogens (tertiary/aromatic N) is 1. The van der Waals surface area contributed by atoms with Crippen LogP contribution in [0.5, 0.6) is 5.75 Å². The van der Waals surface area contributed by atoms with Crippen LogP contribution in [-0.4, -0.2) is 18.0 Å². The van der Waals surface area contributed by atoms with Crippen LogP contribution in [0.25, 0.3) is 11.3 Å². The molecule has 0 unspecified atom stereocenters. The fourth-order valence-electron chi connectivity index (χ4n) is 2.16. The van der Waals surface area contributed by atoms with E-state index in [1.165, 1.54) is 16.9 Å². The van der Waals surface area contributed by atoms with Crippen LogP contribution in [0.3, 0.4) is 0 Å². The number of methoxy groups -OCH3 is 1. The molecule has 0 saturated carbocycles. The summed E-state index contributed by atoms with van der Waals surface area (Å²) >= 11 is 4.79. The lowest BCUT2D eigenvalue weighted by atomic mass is 10.1. The molecule has 0 saturated heterocycles. The van der Waals surface area contributed by atoms with E-state index in [4.69, 9.17) is 4.74 Å². The van der Waals surface area contributed by atoms with Crippen molar-refractivity contribution in [3.63, 3.8) is 0 Å². The maximum atomic E-state index is 12.5. The highest BCUT2D eigenvalue weighted by atomic mass is 79.9. The molecule has 122 valence electrons. The average Bonchev–Trinajstić information content (AvgIpc) is 3.04. The molecule has 3 rings (SSSR count). The third-order valence-corrected chi connectivity index (χ3v) is 4.94. The summed E-state index contributed by atoms with van der Waals surface area (Å²) in [6, 6.07) is 13.4. The molecule has 4 nitrogen and oxygen atoms in total. The first-order valence-corrected chi connectivity index (χ1v) is 8.91. The van der Waals surface area contributed by atoms with Crippen LogP contribution < -0.4 is 10.1 Å². The van der Waals surface area contributed by atoms with Crippen LogP contribution in [0.15, 0.2) is 52.3 Å². The molecule has 0 aliphatic heterocycles. The first-order chi connectivity index (χ1) is 11.6. The van der Waals surface area contributed by atoms with Crippen molar-refractivity contribution in [1.29, 1.82) is 0 Å².